The monoisotopic (exact) mass is 415 g/mol. The van der Waals surface area contributed by atoms with E-state index in [2.05, 4.69) is 73.7 Å². The van der Waals surface area contributed by atoms with E-state index in [9.17, 15) is 0 Å². The van der Waals surface area contributed by atoms with E-state index < -0.39 is 0 Å². The summed E-state index contributed by atoms with van der Waals surface area (Å²) in [5.41, 5.74) is 6.02. The molecule has 0 fully saturated rings. The fourth-order valence-electron chi connectivity index (χ4n) is 4.66. The molecule has 0 N–H and O–H groups in total. The molecule has 0 atom stereocenters. The summed E-state index contributed by atoms with van der Waals surface area (Å²) in [5, 5.41) is 5.98. The number of fused-ring (bicyclic) bond motifs is 8. The molecule has 7 rings (SSSR count). The maximum Gasteiger partial charge on any atom is 0.162 e. The van der Waals surface area contributed by atoms with Crippen molar-refractivity contribution < 1.29 is 4.42 Å². The first-order chi connectivity index (χ1) is 15.3. The molecular weight excluding hydrogens is 398 g/mol. The van der Waals surface area contributed by atoms with Crippen LogP contribution in [0.4, 0.5) is 0 Å². The molecule has 4 aromatic carbocycles. The molecule has 0 saturated carbocycles. The number of aromatic nitrogens is 1. The number of benzene rings is 4. The third kappa shape index (κ3) is 2.41. The fourth-order valence-corrected chi connectivity index (χ4v) is 5.85. The van der Waals surface area contributed by atoms with Gasteiger partial charge in [0.05, 0.1) is 5.52 Å². The van der Waals surface area contributed by atoms with Crippen LogP contribution in [-0.2, 0) is 0 Å². The molecule has 3 aromatic heterocycles. The quantitative estimate of drug-likeness (QED) is 0.269. The van der Waals surface area contributed by atoms with E-state index >= 15 is 0 Å². The molecule has 0 amide bonds. The highest BCUT2D eigenvalue weighted by Gasteiger charge is 2.18. The lowest BCUT2D eigenvalue weighted by molar-refractivity contribution is 0.669. The topological polar surface area (TPSA) is 26.0 Å². The second kappa shape index (κ2) is 6.16. The van der Waals surface area contributed by atoms with Crippen LogP contribution in [0.2, 0.25) is 0 Å². The Balaban J connectivity index is 1.61. The second-order valence-corrected chi connectivity index (χ2v) is 9.18. The average molecular weight is 416 g/mol. The molecule has 31 heavy (non-hydrogen) atoms. The van der Waals surface area contributed by atoms with Crippen molar-refractivity contribution in [1.29, 1.82) is 0 Å². The number of thiophene rings is 1. The summed E-state index contributed by atoms with van der Waals surface area (Å²) in [6.07, 6.45) is 0. The van der Waals surface area contributed by atoms with Crippen molar-refractivity contribution in [2.45, 2.75) is 6.92 Å². The molecule has 2 nitrogen and oxygen atoms in total. The van der Waals surface area contributed by atoms with E-state index in [1.165, 1.54) is 25.7 Å². The molecule has 146 valence electrons. The maximum atomic E-state index is 6.38. The molecule has 0 spiro atoms. The Hall–Kier alpha value is -3.69. The van der Waals surface area contributed by atoms with Crippen molar-refractivity contribution in [2.75, 3.05) is 0 Å². The Morgan fingerprint density at radius 3 is 2.48 bits per heavy atom. The molecule has 0 aliphatic carbocycles. The van der Waals surface area contributed by atoms with Crippen LogP contribution < -0.4 is 0 Å². The van der Waals surface area contributed by atoms with Crippen LogP contribution in [0.25, 0.3) is 64.3 Å². The standard InChI is InChI=1S/C28H17NOS/c1-16-10-12-18-21-15-17(11-13-24(21)31-25(18)14-16)27-28-26(19-6-2-4-8-22(19)29-27)20-7-3-5-9-23(20)30-28/h2-15H,1H3. The van der Waals surface area contributed by atoms with Crippen molar-refractivity contribution in [1.82, 2.24) is 4.98 Å². The Morgan fingerprint density at radius 2 is 1.55 bits per heavy atom. The number of pyridine rings is 1. The number of hydrogen-bond donors (Lipinski definition) is 0. The molecule has 0 bridgehead atoms. The average Bonchev–Trinajstić information content (AvgIpc) is 3.36. The number of nitrogens with zero attached hydrogens (tertiary/aromatic N) is 1. The predicted molar refractivity (Wildman–Crippen MR) is 132 cm³/mol. The molecule has 0 radical (unpaired) electrons. The van der Waals surface area contributed by atoms with Gasteiger partial charge in [-0.1, -0.05) is 54.6 Å². The highest BCUT2D eigenvalue weighted by Crippen LogP contribution is 2.41. The lowest BCUT2D eigenvalue weighted by Gasteiger charge is -2.06. The van der Waals surface area contributed by atoms with E-state index in [0.29, 0.717) is 0 Å². The maximum absolute atomic E-state index is 6.38. The number of rotatable bonds is 1. The van der Waals surface area contributed by atoms with E-state index in [0.717, 1.165) is 44.1 Å². The van der Waals surface area contributed by atoms with E-state index in [1.807, 2.05) is 29.5 Å². The summed E-state index contributed by atoms with van der Waals surface area (Å²) in [4.78, 5) is 5.06. The van der Waals surface area contributed by atoms with Crippen molar-refractivity contribution >= 4 is 64.4 Å². The fraction of sp³-hybridized carbons (Fsp3) is 0.0357. The summed E-state index contributed by atoms with van der Waals surface area (Å²) >= 11 is 1.85. The highest BCUT2D eigenvalue weighted by atomic mass is 32.1. The zero-order valence-electron chi connectivity index (χ0n) is 16.8. The first kappa shape index (κ1) is 17.0. The van der Waals surface area contributed by atoms with Crippen LogP contribution in [0.1, 0.15) is 5.56 Å². The van der Waals surface area contributed by atoms with E-state index in [4.69, 9.17) is 9.40 Å². The van der Waals surface area contributed by atoms with Gasteiger partial charge in [0.15, 0.2) is 5.58 Å². The van der Waals surface area contributed by atoms with Gasteiger partial charge < -0.3 is 4.42 Å². The van der Waals surface area contributed by atoms with Gasteiger partial charge in [-0.25, -0.2) is 4.98 Å². The van der Waals surface area contributed by atoms with Crippen molar-refractivity contribution in [2.24, 2.45) is 0 Å². The summed E-state index contributed by atoms with van der Waals surface area (Å²) in [6.45, 7) is 2.15. The SMILES string of the molecule is Cc1ccc2c(c1)sc1ccc(-c3nc4ccccc4c4c3oc3ccccc34)cc12. The minimum Gasteiger partial charge on any atom is -0.454 e. The van der Waals surface area contributed by atoms with Crippen LogP contribution in [0.15, 0.2) is 89.3 Å². The Labute approximate surface area is 182 Å². The molecule has 3 heterocycles. The summed E-state index contributed by atoms with van der Waals surface area (Å²) in [7, 11) is 0. The van der Waals surface area contributed by atoms with E-state index in [-0.39, 0.29) is 0 Å². The predicted octanol–water partition coefficient (Wildman–Crippen LogP) is 8.48. The first-order valence-electron chi connectivity index (χ1n) is 10.4. The van der Waals surface area contributed by atoms with Crippen LogP contribution in [0.5, 0.6) is 0 Å². The van der Waals surface area contributed by atoms with E-state index in [1.54, 1.807) is 0 Å². The zero-order chi connectivity index (χ0) is 20.5. The summed E-state index contributed by atoms with van der Waals surface area (Å²) < 4.78 is 9.01. The minimum absolute atomic E-state index is 0.856. The largest absolute Gasteiger partial charge is 0.454 e. The van der Waals surface area contributed by atoms with Gasteiger partial charge in [0, 0.05) is 41.9 Å². The molecule has 0 saturated heterocycles. The van der Waals surface area contributed by atoms with Crippen LogP contribution in [0.3, 0.4) is 0 Å². The third-order valence-corrected chi connectivity index (χ3v) is 7.25. The third-order valence-electron chi connectivity index (χ3n) is 6.12. The number of furan rings is 1. The van der Waals surface area contributed by atoms with Crippen LogP contribution in [0, 0.1) is 6.92 Å². The molecule has 7 aromatic rings. The summed E-state index contributed by atoms with van der Waals surface area (Å²) in [6, 6.07) is 29.9. The van der Waals surface area contributed by atoms with Gasteiger partial charge in [-0.15, -0.1) is 11.3 Å². The Kier molecular flexibility index (Phi) is 3.39. The molecular formula is C28H17NOS. The molecule has 0 unspecified atom stereocenters. The number of hydrogen-bond acceptors (Lipinski definition) is 3. The van der Waals surface area contributed by atoms with Gasteiger partial charge >= 0.3 is 0 Å². The van der Waals surface area contributed by atoms with Gasteiger partial charge in [-0.05, 0) is 42.8 Å². The van der Waals surface area contributed by atoms with Gasteiger partial charge in [0.1, 0.15) is 11.3 Å². The zero-order valence-corrected chi connectivity index (χ0v) is 17.7. The van der Waals surface area contributed by atoms with Gasteiger partial charge in [0.2, 0.25) is 0 Å². The van der Waals surface area contributed by atoms with Crippen molar-refractivity contribution in [3.05, 3.63) is 90.5 Å². The highest BCUT2D eigenvalue weighted by molar-refractivity contribution is 7.25. The Morgan fingerprint density at radius 1 is 0.710 bits per heavy atom. The van der Waals surface area contributed by atoms with Crippen LogP contribution in [-0.4, -0.2) is 4.98 Å². The van der Waals surface area contributed by atoms with Crippen LogP contribution >= 0.6 is 11.3 Å². The first-order valence-corrected chi connectivity index (χ1v) is 11.2. The van der Waals surface area contributed by atoms with Gasteiger partial charge in [0.25, 0.3) is 0 Å². The van der Waals surface area contributed by atoms with Crippen molar-refractivity contribution in [3.63, 3.8) is 0 Å². The minimum atomic E-state index is 0.856. The lowest BCUT2D eigenvalue weighted by atomic mass is 10.0. The van der Waals surface area contributed by atoms with Crippen molar-refractivity contribution in [3.8, 4) is 11.3 Å². The van der Waals surface area contributed by atoms with Gasteiger partial charge in [-0.2, -0.15) is 0 Å². The lowest BCUT2D eigenvalue weighted by Crippen LogP contribution is -1.87. The molecule has 3 heteroatoms. The smallest absolute Gasteiger partial charge is 0.162 e. The summed E-state index contributed by atoms with van der Waals surface area (Å²) in [5.74, 6) is 0. The molecule has 0 aliphatic heterocycles. The Bertz CT molecular complexity index is 1810. The number of para-hydroxylation sites is 2. The molecule has 0 aliphatic rings. The van der Waals surface area contributed by atoms with Gasteiger partial charge in [-0.3, -0.25) is 0 Å². The normalized spacial score (nSPS) is 12.0. The number of aryl methyl sites for hydroxylation is 1. The second-order valence-electron chi connectivity index (χ2n) is 8.09.